The average molecular weight is 427 g/mol. The van der Waals surface area contributed by atoms with Crippen molar-refractivity contribution >= 4 is 34.3 Å². The second-order valence-corrected chi connectivity index (χ2v) is 8.28. The quantitative estimate of drug-likeness (QED) is 0.310. The van der Waals surface area contributed by atoms with Crippen molar-refractivity contribution < 1.29 is 4.52 Å². The zero-order valence-corrected chi connectivity index (χ0v) is 17.6. The molecule has 2 aromatic heterocycles. The summed E-state index contributed by atoms with van der Waals surface area (Å²) in [5.74, 6) is 1.19. The molecule has 0 spiro atoms. The molecule has 0 aliphatic rings. The summed E-state index contributed by atoms with van der Waals surface area (Å²) in [6, 6.07) is 14.5. The van der Waals surface area contributed by atoms with Gasteiger partial charge in [-0.25, -0.2) is 4.98 Å². The van der Waals surface area contributed by atoms with E-state index < -0.39 is 0 Å². The van der Waals surface area contributed by atoms with Gasteiger partial charge >= 0.3 is 0 Å². The number of thioether (sulfide) groups is 1. The largest absolute Gasteiger partial charge is 0.338 e. The van der Waals surface area contributed by atoms with Crippen molar-refractivity contribution in [1.82, 2.24) is 19.7 Å². The number of halogens is 1. The normalized spacial score (nSPS) is 12.4. The lowest BCUT2D eigenvalue weighted by Gasteiger charge is -2.15. The van der Waals surface area contributed by atoms with E-state index in [1.165, 1.54) is 11.8 Å². The Morgan fingerprint density at radius 1 is 1.14 bits per heavy atom. The SMILES string of the molecule is CCCc1noc([C@@H](C)Sc2nc3ccccc3c(=O)n2-c2ccccc2Cl)n1. The van der Waals surface area contributed by atoms with Crippen LogP contribution in [0.25, 0.3) is 16.6 Å². The van der Waals surface area contributed by atoms with E-state index >= 15 is 0 Å². The lowest BCUT2D eigenvalue weighted by molar-refractivity contribution is 0.374. The zero-order chi connectivity index (χ0) is 20.4. The first kappa shape index (κ1) is 19.7. The van der Waals surface area contributed by atoms with E-state index in [1.54, 1.807) is 22.8 Å². The third-order valence-electron chi connectivity index (χ3n) is 4.43. The maximum Gasteiger partial charge on any atom is 0.266 e. The summed E-state index contributed by atoms with van der Waals surface area (Å²) >= 11 is 7.79. The highest BCUT2D eigenvalue weighted by atomic mass is 35.5. The second-order valence-electron chi connectivity index (χ2n) is 6.56. The Kier molecular flexibility index (Phi) is 5.69. The zero-order valence-electron chi connectivity index (χ0n) is 16.0. The molecule has 0 bridgehead atoms. The monoisotopic (exact) mass is 426 g/mol. The first-order chi connectivity index (χ1) is 14.1. The van der Waals surface area contributed by atoms with Crippen LogP contribution in [0.2, 0.25) is 5.02 Å². The first-order valence-electron chi connectivity index (χ1n) is 9.34. The Morgan fingerprint density at radius 2 is 1.90 bits per heavy atom. The van der Waals surface area contributed by atoms with Crippen LogP contribution >= 0.6 is 23.4 Å². The summed E-state index contributed by atoms with van der Waals surface area (Å²) in [6.07, 6.45) is 1.71. The van der Waals surface area contributed by atoms with Crippen molar-refractivity contribution in [3.05, 3.63) is 75.6 Å². The van der Waals surface area contributed by atoms with Gasteiger partial charge in [0.1, 0.15) is 0 Å². The Morgan fingerprint density at radius 3 is 2.69 bits per heavy atom. The molecule has 0 fully saturated rings. The summed E-state index contributed by atoms with van der Waals surface area (Å²) in [4.78, 5) is 22.5. The molecule has 0 amide bonds. The Hall–Kier alpha value is -2.64. The number of aromatic nitrogens is 4. The molecule has 0 N–H and O–H groups in total. The molecule has 0 radical (unpaired) electrons. The molecular formula is C21H19ClN4O2S. The minimum absolute atomic E-state index is 0.171. The number of hydrogen-bond acceptors (Lipinski definition) is 6. The topological polar surface area (TPSA) is 73.8 Å². The van der Waals surface area contributed by atoms with Crippen LogP contribution in [-0.2, 0) is 6.42 Å². The Bertz CT molecular complexity index is 1220. The van der Waals surface area contributed by atoms with E-state index in [4.69, 9.17) is 21.1 Å². The summed E-state index contributed by atoms with van der Waals surface area (Å²) in [6.45, 7) is 4.02. The molecule has 0 saturated carbocycles. The van der Waals surface area contributed by atoms with Crippen LogP contribution in [-0.4, -0.2) is 19.7 Å². The fraction of sp³-hybridized carbons (Fsp3) is 0.238. The van der Waals surface area contributed by atoms with Gasteiger partial charge < -0.3 is 4.52 Å². The fourth-order valence-corrected chi connectivity index (χ4v) is 4.17. The van der Waals surface area contributed by atoms with Crippen LogP contribution in [0.1, 0.15) is 37.2 Å². The van der Waals surface area contributed by atoms with Gasteiger partial charge in [0.05, 0.1) is 26.9 Å². The highest BCUT2D eigenvalue weighted by Crippen LogP contribution is 2.35. The molecule has 8 heteroatoms. The van der Waals surface area contributed by atoms with E-state index in [9.17, 15) is 4.79 Å². The van der Waals surface area contributed by atoms with Gasteiger partial charge in [-0.2, -0.15) is 4.98 Å². The van der Waals surface area contributed by atoms with Gasteiger partial charge in [-0.1, -0.05) is 59.7 Å². The Balaban J connectivity index is 1.83. The van der Waals surface area contributed by atoms with Crippen molar-refractivity contribution in [2.24, 2.45) is 0 Å². The Labute approximate surface area is 176 Å². The van der Waals surface area contributed by atoms with E-state index in [-0.39, 0.29) is 10.8 Å². The van der Waals surface area contributed by atoms with Crippen LogP contribution in [0, 0.1) is 0 Å². The molecule has 0 aliphatic carbocycles. The number of aryl methyl sites for hydroxylation is 1. The van der Waals surface area contributed by atoms with Crippen LogP contribution < -0.4 is 5.56 Å². The van der Waals surface area contributed by atoms with Gasteiger partial charge in [0.2, 0.25) is 5.89 Å². The molecule has 148 valence electrons. The lowest BCUT2D eigenvalue weighted by Crippen LogP contribution is -2.22. The number of rotatable bonds is 6. The van der Waals surface area contributed by atoms with E-state index in [0.717, 1.165) is 12.8 Å². The number of hydrogen-bond donors (Lipinski definition) is 0. The molecule has 1 atom stereocenters. The lowest BCUT2D eigenvalue weighted by atomic mass is 10.2. The van der Waals surface area contributed by atoms with Gasteiger partial charge in [0, 0.05) is 6.42 Å². The van der Waals surface area contributed by atoms with Crippen molar-refractivity contribution in [2.75, 3.05) is 0 Å². The van der Waals surface area contributed by atoms with Crippen LogP contribution in [0.5, 0.6) is 0 Å². The fourth-order valence-electron chi connectivity index (χ4n) is 3.00. The van der Waals surface area contributed by atoms with E-state index in [1.807, 2.05) is 37.3 Å². The first-order valence-corrected chi connectivity index (χ1v) is 10.6. The molecule has 29 heavy (non-hydrogen) atoms. The highest BCUT2D eigenvalue weighted by Gasteiger charge is 2.21. The van der Waals surface area contributed by atoms with E-state index in [0.29, 0.717) is 38.5 Å². The van der Waals surface area contributed by atoms with Crippen LogP contribution in [0.3, 0.4) is 0 Å². The van der Waals surface area contributed by atoms with Crippen molar-refractivity contribution in [2.45, 2.75) is 37.1 Å². The van der Waals surface area contributed by atoms with Crippen LogP contribution in [0.15, 0.2) is 63.0 Å². The average Bonchev–Trinajstić information content (AvgIpc) is 3.18. The van der Waals surface area contributed by atoms with Crippen molar-refractivity contribution in [1.29, 1.82) is 0 Å². The summed E-state index contributed by atoms with van der Waals surface area (Å²) in [5, 5.41) is 5.36. The minimum Gasteiger partial charge on any atom is -0.338 e. The van der Waals surface area contributed by atoms with E-state index in [2.05, 4.69) is 17.1 Å². The molecule has 6 nitrogen and oxygen atoms in total. The van der Waals surface area contributed by atoms with Gasteiger partial charge in [-0.05, 0) is 37.6 Å². The highest BCUT2D eigenvalue weighted by molar-refractivity contribution is 7.99. The summed E-state index contributed by atoms with van der Waals surface area (Å²) in [7, 11) is 0. The third kappa shape index (κ3) is 3.93. The third-order valence-corrected chi connectivity index (χ3v) is 5.79. The number of para-hydroxylation sites is 2. The summed E-state index contributed by atoms with van der Waals surface area (Å²) < 4.78 is 6.97. The standard InChI is InChI=1S/C21H19ClN4O2S/c1-3-8-18-24-19(28-25-18)13(2)29-21-23-16-11-6-4-9-14(16)20(27)26(21)17-12-7-5-10-15(17)22/h4-7,9-13H,3,8H2,1-2H3/t13-/m1/s1. The van der Waals surface area contributed by atoms with Gasteiger partial charge in [0.15, 0.2) is 11.0 Å². The molecular weight excluding hydrogens is 408 g/mol. The number of benzene rings is 2. The predicted octanol–water partition coefficient (Wildman–Crippen LogP) is 5.23. The molecule has 2 aromatic carbocycles. The van der Waals surface area contributed by atoms with Crippen molar-refractivity contribution in [3.63, 3.8) is 0 Å². The molecule has 4 rings (SSSR count). The van der Waals surface area contributed by atoms with Gasteiger partial charge in [-0.15, -0.1) is 0 Å². The molecule has 0 saturated heterocycles. The van der Waals surface area contributed by atoms with Crippen LogP contribution in [0.4, 0.5) is 0 Å². The van der Waals surface area contributed by atoms with Crippen molar-refractivity contribution in [3.8, 4) is 5.69 Å². The molecule has 4 aromatic rings. The maximum atomic E-state index is 13.3. The minimum atomic E-state index is -0.185. The predicted molar refractivity (Wildman–Crippen MR) is 115 cm³/mol. The number of fused-ring (bicyclic) bond motifs is 1. The molecule has 0 unspecified atom stereocenters. The second kappa shape index (κ2) is 8.39. The van der Waals surface area contributed by atoms with Gasteiger partial charge in [-0.3, -0.25) is 9.36 Å². The maximum absolute atomic E-state index is 13.3. The molecule has 2 heterocycles. The number of nitrogens with zero attached hydrogens (tertiary/aromatic N) is 4. The molecule has 0 aliphatic heterocycles. The smallest absolute Gasteiger partial charge is 0.266 e. The van der Waals surface area contributed by atoms with Gasteiger partial charge in [0.25, 0.3) is 5.56 Å². The summed E-state index contributed by atoms with van der Waals surface area (Å²) in [5.41, 5.74) is 1.05.